The standard InChI is InChI=1S/C16H16N2O2/c1-10-5-13(15(19-3)6-11(10)2)14-7-12(8-17)16(20-4)9-18-14/h5-7,9H,1-4H3. The van der Waals surface area contributed by atoms with E-state index in [1.807, 2.05) is 26.0 Å². The fourth-order valence-corrected chi connectivity index (χ4v) is 2.00. The highest BCUT2D eigenvalue weighted by molar-refractivity contribution is 5.70. The van der Waals surface area contributed by atoms with Crippen molar-refractivity contribution in [2.24, 2.45) is 0 Å². The number of nitrogens with zero attached hydrogens (tertiary/aromatic N) is 2. The summed E-state index contributed by atoms with van der Waals surface area (Å²) in [5.41, 5.74) is 4.33. The lowest BCUT2D eigenvalue weighted by molar-refractivity contribution is 0.411. The van der Waals surface area contributed by atoms with E-state index in [1.54, 1.807) is 19.4 Å². The highest BCUT2D eigenvalue weighted by Crippen LogP contribution is 2.33. The Labute approximate surface area is 118 Å². The molecule has 0 aliphatic rings. The molecule has 20 heavy (non-hydrogen) atoms. The number of pyridine rings is 1. The second kappa shape index (κ2) is 5.62. The molecule has 0 aliphatic carbocycles. The molecule has 0 saturated heterocycles. The average Bonchev–Trinajstić information content (AvgIpc) is 2.48. The Hall–Kier alpha value is -2.54. The molecule has 0 N–H and O–H groups in total. The molecule has 2 aromatic rings. The maximum absolute atomic E-state index is 9.16. The van der Waals surface area contributed by atoms with E-state index >= 15 is 0 Å². The third kappa shape index (κ3) is 2.43. The van der Waals surface area contributed by atoms with E-state index < -0.39 is 0 Å². The van der Waals surface area contributed by atoms with Crippen LogP contribution in [0.3, 0.4) is 0 Å². The molecule has 4 nitrogen and oxygen atoms in total. The van der Waals surface area contributed by atoms with Crippen LogP contribution in [0.15, 0.2) is 24.4 Å². The summed E-state index contributed by atoms with van der Waals surface area (Å²) >= 11 is 0. The number of rotatable bonds is 3. The van der Waals surface area contributed by atoms with Gasteiger partial charge in [0, 0.05) is 5.56 Å². The number of methoxy groups -OCH3 is 2. The number of hydrogen-bond acceptors (Lipinski definition) is 4. The number of aromatic nitrogens is 1. The Balaban J connectivity index is 2.63. The van der Waals surface area contributed by atoms with E-state index in [4.69, 9.17) is 14.7 Å². The summed E-state index contributed by atoms with van der Waals surface area (Å²) in [4.78, 5) is 4.35. The van der Waals surface area contributed by atoms with Crippen LogP contribution in [0.1, 0.15) is 16.7 Å². The van der Waals surface area contributed by atoms with Crippen molar-refractivity contribution in [3.63, 3.8) is 0 Å². The SMILES string of the molecule is COc1cnc(-c2cc(C)c(C)cc2OC)cc1C#N. The van der Waals surface area contributed by atoms with Gasteiger partial charge in [0.25, 0.3) is 0 Å². The topological polar surface area (TPSA) is 55.1 Å². The van der Waals surface area contributed by atoms with Crippen molar-refractivity contribution in [2.45, 2.75) is 13.8 Å². The molecule has 102 valence electrons. The van der Waals surface area contributed by atoms with Crippen LogP contribution in [0.2, 0.25) is 0 Å². The van der Waals surface area contributed by atoms with E-state index in [0.29, 0.717) is 17.0 Å². The van der Waals surface area contributed by atoms with Gasteiger partial charge in [0.05, 0.1) is 31.7 Å². The van der Waals surface area contributed by atoms with Crippen molar-refractivity contribution < 1.29 is 9.47 Å². The third-order valence-corrected chi connectivity index (χ3v) is 3.30. The van der Waals surface area contributed by atoms with Crippen molar-refractivity contribution in [1.82, 2.24) is 4.98 Å². The lowest BCUT2D eigenvalue weighted by Gasteiger charge is -2.12. The normalized spacial score (nSPS) is 9.95. The molecule has 1 heterocycles. The minimum absolute atomic E-state index is 0.456. The lowest BCUT2D eigenvalue weighted by Crippen LogP contribution is -1.95. The minimum Gasteiger partial charge on any atom is -0.496 e. The predicted octanol–water partition coefficient (Wildman–Crippen LogP) is 3.25. The Morgan fingerprint density at radius 1 is 1.00 bits per heavy atom. The van der Waals surface area contributed by atoms with E-state index in [0.717, 1.165) is 22.4 Å². The molecular weight excluding hydrogens is 252 g/mol. The van der Waals surface area contributed by atoms with Crippen molar-refractivity contribution in [2.75, 3.05) is 14.2 Å². The molecule has 0 aliphatic heterocycles. The Kier molecular flexibility index (Phi) is 3.90. The van der Waals surface area contributed by atoms with Crippen LogP contribution in [0.5, 0.6) is 11.5 Å². The summed E-state index contributed by atoms with van der Waals surface area (Å²) in [6.45, 7) is 4.07. The van der Waals surface area contributed by atoms with Gasteiger partial charge in [0.15, 0.2) is 5.75 Å². The molecule has 0 spiro atoms. The summed E-state index contributed by atoms with van der Waals surface area (Å²) in [5, 5.41) is 9.16. The maximum atomic E-state index is 9.16. The van der Waals surface area contributed by atoms with Gasteiger partial charge in [-0.15, -0.1) is 0 Å². The number of hydrogen-bond donors (Lipinski definition) is 0. The van der Waals surface area contributed by atoms with Gasteiger partial charge in [-0.1, -0.05) is 0 Å². The molecule has 0 fully saturated rings. The first kappa shape index (κ1) is 13.9. The molecule has 1 aromatic heterocycles. The van der Waals surface area contributed by atoms with Gasteiger partial charge < -0.3 is 9.47 Å². The second-order valence-corrected chi connectivity index (χ2v) is 4.52. The molecular formula is C16H16N2O2. The van der Waals surface area contributed by atoms with Crippen molar-refractivity contribution >= 4 is 0 Å². The first-order valence-corrected chi connectivity index (χ1v) is 6.20. The summed E-state index contributed by atoms with van der Waals surface area (Å²) in [5.74, 6) is 1.22. The Morgan fingerprint density at radius 2 is 1.65 bits per heavy atom. The van der Waals surface area contributed by atoms with Gasteiger partial charge in [-0.25, -0.2) is 0 Å². The van der Waals surface area contributed by atoms with Crippen molar-refractivity contribution in [3.8, 4) is 28.8 Å². The lowest BCUT2D eigenvalue weighted by atomic mass is 10.0. The quantitative estimate of drug-likeness (QED) is 0.857. The van der Waals surface area contributed by atoms with Crippen LogP contribution >= 0.6 is 0 Å². The summed E-state index contributed by atoms with van der Waals surface area (Å²) in [6, 6.07) is 7.82. The van der Waals surface area contributed by atoms with E-state index in [1.165, 1.54) is 7.11 Å². The van der Waals surface area contributed by atoms with E-state index in [9.17, 15) is 0 Å². The smallest absolute Gasteiger partial charge is 0.154 e. The zero-order valence-corrected chi connectivity index (χ0v) is 12.0. The predicted molar refractivity (Wildman–Crippen MR) is 77.0 cm³/mol. The second-order valence-electron chi connectivity index (χ2n) is 4.52. The van der Waals surface area contributed by atoms with Gasteiger partial charge >= 0.3 is 0 Å². The van der Waals surface area contributed by atoms with E-state index in [-0.39, 0.29) is 0 Å². The van der Waals surface area contributed by atoms with Gasteiger partial charge in [0.2, 0.25) is 0 Å². The molecule has 0 amide bonds. The fourth-order valence-electron chi connectivity index (χ4n) is 2.00. The molecule has 0 bridgehead atoms. The number of aryl methyl sites for hydroxylation is 2. The van der Waals surface area contributed by atoms with Crippen LogP contribution in [-0.4, -0.2) is 19.2 Å². The first-order chi connectivity index (χ1) is 9.60. The van der Waals surface area contributed by atoms with Crippen LogP contribution in [0, 0.1) is 25.2 Å². The summed E-state index contributed by atoms with van der Waals surface area (Å²) < 4.78 is 10.5. The minimum atomic E-state index is 0.456. The number of ether oxygens (including phenoxy) is 2. The average molecular weight is 268 g/mol. The zero-order valence-electron chi connectivity index (χ0n) is 12.0. The van der Waals surface area contributed by atoms with Crippen LogP contribution in [-0.2, 0) is 0 Å². The van der Waals surface area contributed by atoms with Crippen LogP contribution < -0.4 is 9.47 Å². The Bertz CT molecular complexity index is 688. The molecule has 4 heteroatoms. The van der Waals surface area contributed by atoms with Gasteiger partial charge in [-0.3, -0.25) is 4.98 Å². The maximum Gasteiger partial charge on any atom is 0.154 e. The summed E-state index contributed by atoms with van der Waals surface area (Å²) in [7, 11) is 3.15. The highest BCUT2D eigenvalue weighted by Gasteiger charge is 2.12. The van der Waals surface area contributed by atoms with E-state index in [2.05, 4.69) is 11.1 Å². The highest BCUT2D eigenvalue weighted by atomic mass is 16.5. The van der Waals surface area contributed by atoms with Gasteiger partial charge in [-0.05, 0) is 43.2 Å². The third-order valence-electron chi connectivity index (χ3n) is 3.30. The number of nitriles is 1. The van der Waals surface area contributed by atoms with Gasteiger partial charge in [0.1, 0.15) is 11.8 Å². The van der Waals surface area contributed by atoms with Crippen molar-refractivity contribution in [3.05, 3.63) is 41.1 Å². The number of benzene rings is 1. The fraction of sp³-hybridized carbons (Fsp3) is 0.250. The van der Waals surface area contributed by atoms with Crippen molar-refractivity contribution in [1.29, 1.82) is 5.26 Å². The zero-order chi connectivity index (χ0) is 14.7. The Morgan fingerprint density at radius 3 is 2.25 bits per heavy atom. The van der Waals surface area contributed by atoms with Crippen LogP contribution in [0.25, 0.3) is 11.3 Å². The largest absolute Gasteiger partial charge is 0.496 e. The molecule has 1 aromatic carbocycles. The van der Waals surface area contributed by atoms with Gasteiger partial charge in [-0.2, -0.15) is 5.26 Å². The molecule has 0 unspecified atom stereocenters. The summed E-state index contributed by atoms with van der Waals surface area (Å²) in [6.07, 6.45) is 1.56. The monoisotopic (exact) mass is 268 g/mol. The molecule has 0 radical (unpaired) electrons. The molecule has 0 saturated carbocycles. The molecule has 0 atom stereocenters. The van der Waals surface area contributed by atoms with Crippen LogP contribution in [0.4, 0.5) is 0 Å². The first-order valence-electron chi connectivity index (χ1n) is 6.20. The molecule has 2 rings (SSSR count).